The largest absolute Gasteiger partial charge is 0.253 e. The standard InChI is InChI=1S/C11H10ClN3S/c1-2-16-9-4-3-5-13-11(9)8-6-15-10(12)7-14-8/h3-7H,2H2,1H3. The maximum Gasteiger partial charge on any atom is 0.147 e. The van der Waals surface area contributed by atoms with Crippen LogP contribution in [-0.2, 0) is 0 Å². The van der Waals surface area contributed by atoms with Gasteiger partial charge in [-0.2, -0.15) is 0 Å². The van der Waals surface area contributed by atoms with Crippen LogP contribution in [0.1, 0.15) is 6.92 Å². The fourth-order valence-corrected chi connectivity index (χ4v) is 2.17. The third kappa shape index (κ3) is 2.51. The Kier molecular flexibility index (Phi) is 3.74. The van der Waals surface area contributed by atoms with E-state index in [1.54, 1.807) is 24.2 Å². The Morgan fingerprint density at radius 3 is 2.81 bits per heavy atom. The van der Waals surface area contributed by atoms with Crippen molar-refractivity contribution in [1.29, 1.82) is 0 Å². The van der Waals surface area contributed by atoms with Gasteiger partial charge in [-0.25, -0.2) is 9.97 Å². The predicted octanol–water partition coefficient (Wildman–Crippen LogP) is 3.30. The van der Waals surface area contributed by atoms with Gasteiger partial charge in [-0.3, -0.25) is 4.98 Å². The van der Waals surface area contributed by atoms with Gasteiger partial charge >= 0.3 is 0 Å². The van der Waals surface area contributed by atoms with Gasteiger partial charge < -0.3 is 0 Å². The minimum absolute atomic E-state index is 0.393. The van der Waals surface area contributed by atoms with Crippen LogP contribution in [0.2, 0.25) is 5.15 Å². The van der Waals surface area contributed by atoms with Crippen LogP contribution in [0, 0.1) is 0 Å². The van der Waals surface area contributed by atoms with Crippen molar-refractivity contribution < 1.29 is 0 Å². The zero-order chi connectivity index (χ0) is 11.4. The average molecular weight is 252 g/mol. The Morgan fingerprint density at radius 2 is 2.12 bits per heavy atom. The number of hydrogen-bond donors (Lipinski definition) is 0. The molecule has 0 radical (unpaired) electrons. The zero-order valence-electron chi connectivity index (χ0n) is 8.72. The second kappa shape index (κ2) is 5.27. The van der Waals surface area contributed by atoms with Gasteiger partial charge in [-0.15, -0.1) is 11.8 Å². The Labute approximate surface area is 103 Å². The molecule has 5 heteroatoms. The number of halogens is 1. The smallest absolute Gasteiger partial charge is 0.147 e. The SMILES string of the molecule is CCSc1cccnc1-c1cnc(Cl)cn1. The summed E-state index contributed by atoms with van der Waals surface area (Å²) in [5.74, 6) is 1.000. The maximum atomic E-state index is 5.70. The third-order valence-electron chi connectivity index (χ3n) is 1.93. The molecule has 0 saturated carbocycles. The minimum atomic E-state index is 0.393. The molecule has 82 valence electrons. The van der Waals surface area contributed by atoms with E-state index in [4.69, 9.17) is 11.6 Å². The summed E-state index contributed by atoms with van der Waals surface area (Å²) in [6.45, 7) is 2.11. The predicted molar refractivity (Wildman–Crippen MR) is 66.7 cm³/mol. The Hall–Kier alpha value is -1.13. The summed E-state index contributed by atoms with van der Waals surface area (Å²) >= 11 is 7.44. The number of hydrogen-bond acceptors (Lipinski definition) is 4. The molecular weight excluding hydrogens is 242 g/mol. The molecule has 0 aliphatic carbocycles. The molecule has 16 heavy (non-hydrogen) atoms. The topological polar surface area (TPSA) is 38.7 Å². The minimum Gasteiger partial charge on any atom is -0.253 e. The van der Waals surface area contributed by atoms with Crippen LogP contribution in [-0.4, -0.2) is 20.7 Å². The molecule has 0 aliphatic rings. The van der Waals surface area contributed by atoms with Crippen molar-refractivity contribution in [3.05, 3.63) is 35.9 Å². The van der Waals surface area contributed by atoms with Crippen LogP contribution in [0.25, 0.3) is 11.4 Å². The quantitative estimate of drug-likeness (QED) is 0.785. The zero-order valence-corrected chi connectivity index (χ0v) is 10.3. The van der Waals surface area contributed by atoms with E-state index >= 15 is 0 Å². The van der Waals surface area contributed by atoms with Gasteiger partial charge in [0, 0.05) is 11.1 Å². The van der Waals surface area contributed by atoms with E-state index in [1.165, 1.54) is 6.20 Å². The van der Waals surface area contributed by atoms with Crippen molar-refractivity contribution in [3.63, 3.8) is 0 Å². The van der Waals surface area contributed by atoms with Crippen LogP contribution in [0.15, 0.2) is 35.6 Å². The summed E-state index contributed by atoms with van der Waals surface area (Å²) in [5, 5.41) is 0.393. The molecule has 0 amide bonds. The highest BCUT2D eigenvalue weighted by Gasteiger charge is 2.07. The van der Waals surface area contributed by atoms with E-state index < -0.39 is 0 Å². The number of thioether (sulfide) groups is 1. The molecule has 2 heterocycles. The average Bonchev–Trinajstić information content (AvgIpc) is 2.32. The van der Waals surface area contributed by atoms with E-state index in [9.17, 15) is 0 Å². The highest BCUT2D eigenvalue weighted by molar-refractivity contribution is 7.99. The van der Waals surface area contributed by atoms with E-state index in [-0.39, 0.29) is 0 Å². The first-order valence-corrected chi connectivity index (χ1v) is 6.23. The lowest BCUT2D eigenvalue weighted by Gasteiger charge is -2.05. The molecule has 2 aromatic rings. The molecule has 2 aromatic heterocycles. The van der Waals surface area contributed by atoms with Crippen molar-refractivity contribution >= 4 is 23.4 Å². The van der Waals surface area contributed by atoms with Crippen LogP contribution >= 0.6 is 23.4 Å². The summed E-state index contributed by atoms with van der Waals surface area (Å²) in [7, 11) is 0. The van der Waals surface area contributed by atoms with Gasteiger partial charge in [-0.05, 0) is 17.9 Å². The summed E-state index contributed by atoms with van der Waals surface area (Å²) in [6.07, 6.45) is 4.93. The van der Waals surface area contributed by atoms with Gasteiger partial charge in [0.05, 0.1) is 12.4 Å². The Bertz CT molecular complexity index is 473. The van der Waals surface area contributed by atoms with Crippen LogP contribution in [0.5, 0.6) is 0 Å². The molecule has 0 fully saturated rings. The fraction of sp³-hybridized carbons (Fsp3) is 0.182. The Balaban J connectivity index is 2.42. The molecule has 0 N–H and O–H groups in total. The molecular formula is C11H10ClN3S. The van der Waals surface area contributed by atoms with Crippen molar-refractivity contribution in [3.8, 4) is 11.4 Å². The maximum absolute atomic E-state index is 5.70. The van der Waals surface area contributed by atoms with Gasteiger partial charge in [0.1, 0.15) is 16.5 Å². The van der Waals surface area contributed by atoms with Crippen molar-refractivity contribution in [2.24, 2.45) is 0 Å². The molecule has 0 saturated heterocycles. The summed E-state index contributed by atoms with van der Waals surface area (Å²) in [4.78, 5) is 13.7. The molecule has 0 aromatic carbocycles. The lowest BCUT2D eigenvalue weighted by Crippen LogP contribution is -1.91. The highest BCUT2D eigenvalue weighted by atomic mass is 35.5. The fourth-order valence-electron chi connectivity index (χ4n) is 1.29. The summed E-state index contributed by atoms with van der Waals surface area (Å²) < 4.78 is 0. The molecule has 2 rings (SSSR count). The van der Waals surface area contributed by atoms with Gasteiger partial charge in [0.25, 0.3) is 0 Å². The van der Waals surface area contributed by atoms with Crippen molar-refractivity contribution in [2.45, 2.75) is 11.8 Å². The third-order valence-corrected chi connectivity index (χ3v) is 3.06. The number of rotatable bonds is 3. The van der Waals surface area contributed by atoms with Crippen LogP contribution < -0.4 is 0 Å². The number of nitrogens with zero attached hydrogens (tertiary/aromatic N) is 3. The number of pyridine rings is 1. The molecule has 0 unspecified atom stereocenters. The first-order chi connectivity index (χ1) is 7.81. The molecule has 3 nitrogen and oxygen atoms in total. The highest BCUT2D eigenvalue weighted by Crippen LogP contribution is 2.27. The molecule has 0 atom stereocenters. The van der Waals surface area contributed by atoms with E-state index in [0.717, 1.165) is 22.0 Å². The second-order valence-electron chi connectivity index (χ2n) is 3.01. The Morgan fingerprint density at radius 1 is 1.25 bits per heavy atom. The summed E-state index contributed by atoms with van der Waals surface area (Å²) in [5.41, 5.74) is 1.61. The van der Waals surface area contributed by atoms with E-state index in [0.29, 0.717) is 5.15 Å². The van der Waals surface area contributed by atoms with Crippen molar-refractivity contribution in [2.75, 3.05) is 5.75 Å². The van der Waals surface area contributed by atoms with Crippen LogP contribution in [0.3, 0.4) is 0 Å². The molecule has 0 aliphatic heterocycles. The van der Waals surface area contributed by atoms with E-state index in [1.807, 2.05) is 12.1 Å². The first-order valence-electron chi connectivity index (χ1n) is 4.87. The van der Waals surface area contributed by atoms with E-state index in [2.05, 4.69) is 21.9 Å². The second-order valence-corrected chi connectivity index (χ2v) is 4.70. The lowest BCUT2D eigenvalue weighted by atomic mass is 10.3. The lowest BCUT2D eigenvalue weighted by molar-refractivity contribution is 1.14. The first kappa shape index (κ1) is 11.4. The molecule has 0 bridgehead atoms. The summed E-state index contributed by atoms with van der Waals surface area (Å²) in [6, 6.07) is 3.96. The van der Waals surface area contributed by atoms with Gasteiger partial charge in [0.15, 0.2) is 0 Å². The number of aromatic nitrogens is 3. The van der Waals surface area contributed by atoms with Gasteiger partial charge in [0.2, 0.25) is 0 Å². The van der Waals surface area contributed by atoms with Crippen molar-refractivity contribution in [1.82, 2.24) is 15.0 Å². The normalized spacial score (nSPS) is 10.4. The molecule has 0 spiro atoms. The van der Waals surface area contributed by atoms with Crippen LogP contribution in [0.4, 0.5) is 0 Å². The van der Waals surface area contributed by atoms with Gasteiger partial charge in [-0.1, -0.05) is 18.5 Å². The monoisotopic (exact) mass is 251 g/mol.